The fraction of sp³-hybridized carbons (Fsp3) is 0.357. The van der Waals surface area contributed by atoms with Gasteiger partial charge < -0.3 is 14.2 Å². The van der Waals surface area contributed by atoms with Crippen LogP contribution < -0.4 is 9.80 Å². The Morgan fingerprint density at radius 2 is 1.75 bits per heavy atom. The van der Waals surface area contributed by atoms with Crippen molar-refractivity contribution in [3.05, 3.63) is 42.0 Å². The van der Waals surface area contributed by atoms with Gasteiger partial charge in [-0.1, -0.05) is 0 Å². The van der Waals surface area contributed by atoms with Crippen molar-refractivity contribution in [3.8, 4) is 0 Å². The molecular weight excluding hydrogens is 281 g/mol. The summed E-state index contributed by atoms with van der Waals surface area (Å²) in [6.45, 7) is 3.34. The van der Waals surface area contributed by atoms with Gasteiger partial charge in [0.2, 0.25) is 0 Å². The first-order valence-electron chi connectivity index (χ1n) is 6.52. The van der Waals surface area contributed by atoms with Crippen LogP contribution in [0.2, 0.25) is 0 Å². The first-order chi connectivity index (χ1) is 9.76. The predicted molar refractivity (Wildman–Crippen MR) is 76.9 cm³/mol. The van der Waals surface area contributed by atoms with Crippen LogP contribution in [0.25, 0.3) is 0 Å². The average molecular weight is 296 g/mol. The number of alkyl halides is 1. The van der Waals surface area contributed by atoms with Gasteiger partial charge in [-0.3, -0.25) is 0 Å². The van der Waals surface area contributed by atoms with Gasteiger partial charge in [0.25, 0.3) is 6.01 Å². The van der Waals surface area contributed by atoms with Crippen LogP contribution in [0.4, 0.5) is 16.1 Å². The van der Waals surface area contributed by atoms with Gasteiger partial charge in [-0.05, 0) is 24.3 Å². The lowest BCUT2D eigenvalue weighted by Gasteiger charge is -2.35. The van der Waals surface area contributed by atoms with E-state index in [9.17, 15) is 4.39 Å². The Hall–Kier alpha value is -1.75. The third-order valence-corrected chi connectivity index (χ3v) is 3.69. The Bertz CT molecular complexity index is 564. The normalized spacial score (nSPS) is 15.7. The van der Waals surface area contributed by atoms with E-state index in [4.69, 9.17) is 16.0 Å². The minimum atomic E-state index is -0.208. The van der Waals surface area contributed by atoms with Crippen molar-refractivity contribution in [3.63, 3.8) is 0 Å². The van der Waals surface area contributed by atoms with Crippen LogP contribution in [0.1, 0.15) is 5.69 Å². The fourth-order valence-electron chi connectivity index (χ4n) is 2.31. The zero-order valence-corrected chi connectivity index (χ0v) is 11.7. The highest BCUT2D eigenvalue weighted by molar-refractivity contribution is 6.16. The van der Waals surface area contributed by atoms with Crippen molar-refractivity contribution in [1.82, 2.24) is 4.98 Å². The Morgan fingerprint density at radius 3 is 2.35 bits per heavy atom. The number of rotatable bonds is 3. The topological polar surface area (TPSA) is 32.5 Å². The highest BCUT2D eigenvalue weighted by Crippen LogP contribution is 2.20. The Morgan fingerprint density at radius 1 is 1.10 bits per heavy atom. The molecule has 0 unspecified atom stereocenters. The minimum absolute atomic E-state index is 0.208. The zero-order chi connectivity index (χ0) is 13.9. The van der Waals surface area contributed by atoms with Gasteiger partial charge in [-0.25, -0.2) is 4.39 Å². The van der Waals surface area contributed by atoms with E-state index in [2.05, 4.69) is 14.8 Å². The molecule has 0 bridgehead atoms. The first-order valence-corrected chi connectivity index (χ1v) is 7.05. The van der Waals surface area contributed by atoms with Gasteiger partial charge in [0, 0.05) is 31.9 Å². The molecule has 6 heteroatoms. The van der Waals surface area contributed by atoms with Crippen LogP contribution in [0.3, 0.4) is 0 Å². The number of benzene rings is 1. The molecule has 4 nitrogen and oxygen atoms in total. The molecule has 1 aliphatic rings. The number of oxazole rings is 1. The molecule has 1 aliphatic heterocycles. The summed E-state index contributed by atoms with van der Waals surface area (Å²) in [6, 6.07) is 7.22. The van der Waals surface area contributed by atoms with Gasteiger partial charge in [0.05, 0.1) is 11.6 Å². The molecule has 2 aromatic rings. The van der Waals surface area contributed by atoms with Crippen molar-refractivity contribution in [1.29, 1.82) is 0 Å². The van der Waals surface area contributed by atoms with Crippen molar-refractivity contribution in [2.45, 2.75) is 5.88 Å². The second kappa shape index (κ2) is 5.71. The molecule has 20 heavy (non-hydrogen) atoms. The van der Waals surface area contributed by atoms with Gasteiger partial charge in [-0.2, -0.15) is 4.98 Å². The summed E-state index contributed by atoms with van der Waals surface area (Å²) in [6.07, 6.45) is 1.59. The molecule has 0 radical (unpaired) electrons. The lowest BCUT2D eigenvalue weighted by Crippen LogP contribution is -2.46. The SMILES string of the molecule is Fc1ccc(N2CCN(c3nc(CCl)co3)CC2)cc1. The van der Waals surface area contributed by atoms with E-state index >= 15 is 0 Å². The number of halogens is 2. The summed E-state index contributed by atoms with van der Waals surface area (Å²) in [5, 5.41) is 0. The number of hydrogen-bond donors (Lipinski definition) is 0. The second-order valence-electron chi connectivity index (χ2n) is 4.71. The maximum absolute atomic E-state index is 12.9. The molecule has 2 heterocycles. The highest BCUT2D eigenvalue weighted by atomic mass is 35.5. The molecule has 1 aromatic carbocycles. The molecule has 0 amide bonds. The molecule has 1 aromatic heterocycles. The molecule has 0 aliphatic carbocycles. The van der Waals surface area contributed by atoms with Crippen LogP contribution in [0, 0.1) is 5.82 Å². The summed E-state index contributed by atoms with van der Waals surface area (Å²) in [5.74, 6) is 0.153. The van der Waals surface area contributed by atoms with Gasteiger partial charge in [0.15, 0.2) is 0 Å². The van der Waals surface area contributed by atoms with E-state index in [0.717, 1.165) is 37.6 Å². The van der Waals surface area contributed by atoms with E-state index in [1.165, 1.54) is 12.1 Å². The van der Waals surface area contributed by atoms with Crippen molar-refractivity contribution >= 4 is 23.3 Å². The molecule has 0 atom stereocenters. The minimum Gasteiger partial charge on any atom is -0.432 e. The molecule has 1 fully saturated rings. The average Bonchev–Trinajstić information content (AvgIpc) is 2.97. The molecule has 106 valence electrons. The molecule has 3 rings (SSSR count). The number of hydrogen-bond acceptors (Lipinski definition) is 4. The first kappa shape index (κ1) is 13.2. The summed E-state index contributed by atoms with van der Waals surface area (Å²) in [4.78, 5) is 8.64. The monoisotopic (exact) mass is 295 g/mol. The third kappa shape index (κ3) is 2.72. The van der Waals surface area contributed by atoms with E-state index in [1.807, 2.05) is 12.1 Å². The molecule has 0 spiro atoms. The maximum atomic E-state index is 12.9. The Kier molecular flexibility index (Phi) is 3.78. The fourth-order valence-corrected chi connectivity index (χ4v) is 2.43. The summed E-state index contributed by atoms with van der Waals surface area (Å²) in [7, 11) is 0. The number of piperazine rings is 1. The van der Waals surface area contributed by atoms with Crippen molar-refractivity contribution in [2.75, 3.05) is 36.0 Å². The van der Waals surface area contributed by atoms with Gasteiger partial charge in [-0.15, -0.1) is 11.6 Å². The van der Waals surface area contributed by atoms with Crippen molar-refractivity contribution in [2.24, 2.45) is 0 Å². The van der Waals surface area contributed by atoms with Crippen molar-refractivity contribution < 1.29 is 8.81 Å². The lowest BCUT2D eigenvalue weighted by atomic mass is 10.2. The standard InChI is InChI=1S/C14H15ClFN3O/c15-9-12-10-20-14(17-12)19-7-5-18(6-8-19)13-3-1-11(16)2-4-13/h1-4,10H,5-9H2. The quantitative estimate of drug-likeness (QED) is 0.815. The highest BCUT2D eigenvalue weighted by Gasteiger charge is 2.20. The Labute approximate surface area is 121 Å². The smallest absolute Gasteiger partial charge is 0.297 e. The zero-order valence-electron chi connectivity index (χ0n) is 10.9. The Balaban J connectivity index is 1.63. The summed E-state index contributed by atoms with van der Waals surface area (Å²) in [5.41, 5.74) is 1.79. The third-order valence-electron chi connectivity index (χ3n) is 3.42. The lowest BCUT2D eigenvalue weighted by molar-refractivity contribution is 0.516. The molecule has 0 N–H and O–H groups in total. The maximum Gasteiger partial charge on any atom is 0.297 e. The predicted octanol–water partition coefficient (Wildman–Crippen LogP) is 2.88. The summed E-state index contributed by atoms with van der Waals surface area (Å²) >= 11 is 5.72. The summed E-state index contributed by atoms with van der Waals surface area (Å²) < 4.78 is 18.3. The molecule has 0 saturated carbocycles. The molecular formula is C14H15ClFN3O. The van der Waals surface area contributed by atoms with Crippen LogP contribution in [0.15, 0.2) is 34.9 Å². The molecule has 1 saturated heterocycles. The largest absolute Gasteiger partial charge is 0.432 e. The van der Waals surface area contributed by atoms with E-state index in [0.29, 0.717) is 11.9 Å². The van der Waals surface area contributed by atoms with Crippen LogP contribution in [-0.2, 0) is 5.88 Å². The van der Waals surface area contributed by atoms with Gasteiger partial charge >= 0.3 is 0 Å². The van der Waals surface area contributed by atoms with E-state index < -0.39 is 0 Å². The number of anilines is 2. The number of aromatic nitrogens is 1. The second-order valence-corrected chi connectivity index (χ2v) is 4.97. The van der Waals surface area contributed by atoms with Crippen LogP contribution >= 0.6 is 11.6 Å². The van der Waals surface area contributed by atoms with Crippen LogP contribution in [0.5, 0.6) is 0 Å². The van der Waals surface area contributed by atoms with E-state index in [1.54, 1.807) is 6.26 Å². The van der Waals surface area contributed by atoms with Crippen LogP contribution in [-0.4, -0.2) is 31.2 Å². The van der Waals surface area contributed by atoms with E-state index in [-0.39, 0.29) is 5.82 Å². The number of nitrogens with zero attached hydrogens (tertiary/aromatic N) is 3. The van der Waals surface area contributed by atoms with Gasteiger partial charge in [0.1, 0.15) is 12.1 Å².